The molecule has 1 atom stereocenters. The molecule has 2 aliphatic heterocycles. The van der Waals surface area contributed by atoms with E-state index >= 15 is 0 Å². The minimum absolute atomic E-state index is 0.00919. The Bertz CT molecular complexity index is 614. The van der Waals surface area contributed by atoms with Crippen molar-refractivity contribution in [2.24, 2.45) is 4.99 Å². The molecule has 0 unspecified atom stereocenters. The summed E-state index contributed by atoms with van der Waals surface area (Å²) in [7, 11) is 0. The lowest BCUT2D eigenvalue weighted by atomic mass is 9.99. The Morgan fingerprint density at radius 1 is 1.25 bits per heavy atom. The third-order valence-corrected chi connectivity index (χ3v) is 3.72. The van der Waals surface area contributed by atoms with Gasteiger partial charge in [-0.05, 0) is 5.41 Å². The predicted molar refractivity (Wildman–Crippen MR) is 68.7 cm³/mol. The lowest BCUT2D eigenvalue weighted by Gasteiger charge is -2.38. The van der Waals surface area contributed by atoms with Crippen molar-refractivity contribution in [3.05, 3.63) is 47.5 Å². The summed E-state index contributed by atoms with van der Waals surface area (Å²) in [6.45, 7) is 0. The lowest BCUT2D eigenvalue weighted by Crippen LogP contribution is -2.61. The first-order valence-corrected chi connectivity index (χ1v) is 6.49. The zero-order valence-electron chi connectivity index (χ0n) is 9.89. The SMILES string of the molecule is O=C1N[C@](c2ccccc2)(C(F)(F)F)N=C2SC=CN12. The van der Waals surface area contributed by atoms with E-state index in [1.54, 1.807) is 6.07 Å². The van der Waals surface area contributed by atoms with Crippen LogP contribution in [0.1, 0.15) is 5.56 Å². The number of hydrogen-bond acceptors (Lipinski definition) is 3. The molecule has 0 aliphatic carbocycles. The molecule has 2 heterocycles. The number of carbonyl (C=O) groups excluding carboxylic acids is 1. The van der Waals surface area contributed by atoms with E-state index in [4.69, 9.17) is 0 Å². The van der Waals surface area contributed by atoms with Gasteiger partial charge in [-0.15, -0.1) is 0 Å². The van der Waals surface area contributed by atoms with Crippen molar-refractivity contribution >= 4 is 23.0 Å². The van der Waals surface area contributed by atoms with Gasteiger partial charge in [0, 0.05) is 11.8 Å². The van der Waals surface area contributed by atoms with Crippen molar-refractivity contribution in [1.29, 1.82) is 0 Å². The standard InChI is InChI=1S/C12H8F3N3OS/c13-12(14,15)11(8-4-2-1-3-5-8)16-9(19)18-6-7-20-10(18)17-11/h1-7H,(H,16,19)/t11-/m0/s1. The second-order valence-electron chi connectivity index (χ2n) is 4.17. The van der Waals surface area contributed by atoms with Crippen LogP contribution in [-0.4, -0.2) is 22.3 Å². The van der Waals surface area contributed by atoms with Gasteiger partial charge in [0.2, 0.25) is 0 Å². The fourth-order valence-electron chi connectivity index (χ4n) is 2.01. The van der Waals surface area contributed by atoms with Crippen LogP contribution in [0, 0.1) is 0 Å². The summed E-state index contributed by atoms with van der Waals surface area (Å²) in [5, 5.41) is 3.49. The molecule has 1 aromatic carbocycles. The first-order valence-electron chi connectivity index (χ1n) is 5.61. The van der Waals surface area contributed by atoms with E-state index in [-0.39, 0.29) is 10.7 Å². The number of alkyl halides is 3. The number of carbonyl (C=O) groups is 1. The van der Waals surface area contributed by atoms with Crippen LogP contribution >= 0.6 is 11.8 Å². The number of aliphatic imine (C=N–C) groups is 1. The van der Waals surface area contributed by atoms with Gasteiger partial charge in [0.25, 0.3) is 5.66 Å². The summed E-state index contributed by atoms with van der Waals surface area (Å²) >= 11 is 0.978. The summed E-state index contributed by atoms with van der Waals surface area (Å²) < 4.78 is 40.6. The highest BCUT2D eigenvalue weighted by Gasteiger charge is 2.60. The van der Waals surface area contributed by atoms with E-state index in [9.17, 15) is 18.0 Å². The van der Waals surface area contributed by atoms with Crippen molar-refractivity contribution < 1.29 is 18.0 Å². The number of benzene rings is 1. The Labute approximate surface area is 116 Å². The maximum absolute atomic E-state index is 13.5. The number of nitrogens with zero attached hydrogens (tertiary/aromatic N) is 2. The molecule has 0 bridgehead atoms. The molecule has 104 valence electrons. The molecule has 0 fully saturated rings. The van der Waals surface area contributed by atoms with Crippen LogP contribution in [0.2, 0.25) is 0 Å². The molecule has 1 aromatic rings. The number of urea groups is 1. The van der Waals surface area contributed by atoms with Gasteiger partial charge >= 0.3 is 12.2 Å². The summed E-state index contributed by atoms with van der Waals surface area (Å²) in [5.41, 5.74) is -2.86. The van der Waals surface area contributed by atoms with Crippen LogP contribution in [0.15, 0.2) is 46.9 Å². The zero-order valence-corrected chi connectivity index (χ0v) is 10.7. The average molecular weight is 299 g/mol. The average Bonchev–Trinajstić information content (AvgIpc) is 2.87. The van der Waals surface area contributed by atoms with Gasteiger partial charge in [0.05, 0.1) is 0 Å². The Morgan fingerprint density at radius 2 is 1.95 bits per heavy atom. The third-order valence-electron chi connectivity index (χ3n) is 2.96. The third kappa shape index (κ3) is 1.79. The van der Waals surface area contributed by atoms with Crippen molar-refractivity contribution in [2.75, 3.05) is 0 Å². The molecule has 0 radical (unpaired) electrons. The van der Waals surface area contributed by atoms with Crippen LogP contribution in [0.4, 0.5) is 18.0 Å². The van der Waals surface area contributed by atoms with Crippen molar-refractivity contribution in [2.45, 2.75) is 11.8 Å². The minimum atomic E-state index is -4.74. The molecule has 2 aliphatic rings. The smallest absolute Gasteiger partial charge is 0.301 e. The highest BCUT2D eigenvalue weighted by Crippen LogP contribution is 2.43. The van der Waals surface area contributed by atoms with Gasteiger partial charge in [-0.3, -0.25) is 0 Å². The summed E-state index contributed by atoms with van der Waals surface area (Å²) in [4.78, 5) is 16.7. The summed E-state index contributed by atoms with van der Waals surface area (Å²) in [6, 6.07) is 6.28. The van der Waals surface area contributed by atoms with Gasteiger partial charge in [0.1, 0.15) is 0 Å². The molecule has 1 N–H and O–H groups in total. The molecular formula is C12H8F3N3OS. The van der Waals surface area contributed by atoms with Gasteiger partial charge < -0.3 is 5.32 Å². The maximum Gasteiger partial charge on any atom is 0.436 e. The molecule has 8 heteroatoms. The predicted octanol–water partition coefficient (Wildman–Crippen LogP) is 3.00. The van der Waals surface area contributed by atoms with E-state index in [1.165, 1.54) is 35.9 Å². The Morgan fingerprint density at radius 3 is 2.60 bits per heavy atom. The Hall–Kier alpha value is -1.96. The van der Waals surface area contributed by atoms with Crippen molar-refractivity contribution in [3.63, 3.8) is 0 Å². The number of fused-ring (bicyclic) bond motifs is 1. The van der Waals surface area contributed by atoms with Gasteiger partial charge in [-0.2, -0.15) is 13.2 Å². The van der Waals surface area contributed by atoms with E-state index in [0.29, 0.717) is 0 Å². The van der Waals surface area contributed by atoms with Crippen LogP contribution in [-0.2, 0) is 5.66 Å². The lowest BCUT2D eigenvalue weighted by molar-refractivity contribution is -0.196. The second-order valence-corrected chi connectivity index (χ2v) is 5.04. The fraction of sp³-hybridized carbons (Fsp3) is 0.167. The molecule has 4 nitrogen and oxygen atoms in total. The van der Waals surface area contributed by atoms with E-state index in [0.717, 1.165) is 16.7 Å². The zero-order chi connectivity index (χ0) is 14.4. The molecular weight excluding hydrogens is 291 g/mol. The molecule has 0 spiro atoms. The summed E-state index contributed by atoms with van der Waals surface area (Å²) in [5.74, 6) is 0. The fourth-order valence-corrected chi connectivity index (χ4v) is 2.76. The second kappa shape index (κ2) is 4.27. The molecule has 3 rings (SSSR count). The number of nitrogens with one attached hydrogen (secondary N) is 1. The first kappa shape index (κ1) is 13.0. The first-order chi connectivity index (χ1) is 9.44. The topological polar surface area (TPSA) is 44.7 Å². The molecule has 2 amide bonds. The number of amides is 2. The van der Waals surface area contributed by atoms with Gasteiger partial charge in [-0.1, -0.05) is 42.1 Å². The molecule has 0 aromatic heterocycles. The van der Waals surface area contributed by atoms with E-state index < -0.39 is 17.9 Å². The quantitative estimate of drug-likeness (QED) is 0.866. The number of rotatable bonds is 1. The van der Waals surface area contributed by atoms with Crippen LogP contribution in [0.3, 0.4) is 0 Å². The van der Waals surface area contributed by atoms with E-state index in [1.807, 2.05) is 5.32 Å². The van der Waals surface area contributed by atoms with Crippen molar-refractivity contribution in [1.82, 2.24) is 10.2 Å². The maximum atomic E-state index is 13.5. The molecule has 0 saturated carbocycles. The van der Waals surface area contributed by atoms with Gasteiger partial charge in [-0.25, -0.2) is 14.7 Å². The number of halogens is 3. The highest BCUT2D eigenvalue weighted by molar-refractivity contribution is 8.16. The number of thioether (sulfide) groups is 1. The monoisotopic (exact) mass is 299 g/mol. The normalized spacial score (nSPS) is 25.2. The minimum Gasteiger partial charge on any atom is -0.301 e. The van der Waals surface area contributed by atoms with Crippen LogP contribution in [0.5, 0.6) is 0 Å². The Kier molecular flexibility index (Phi) is 2.79. The number of amidine groups is 1. The largest absolute Gasteiger partial charge is 0.436 e. The molecule has 20 heavy (non-hydrogen) atoms. The molecule has 0 saturated heterocycles. The van der Waals surface area contributed by atoms with Crippen LogP contribution in [0.25, 0.3) is 0 Å². The Balaban J connectivity index is 2.19. The van der Waals surface area contributed by atoms with Crippen LogP contribution < -0.4 is 5.32 Å². The highest BCUT2D eigenvalue weighted by atomic mass is 32.2. The van der Waals surface area contributed by atoms with Gasteiger partial charge in [0.15, 0.2) is 5.17 Å². The number of hydrogen-bond donors (Lipinski definition) is 1. The van der Waals surface area contributed by atoms with E-state index in [2.05, 4.69) is 4.99 Å². The van der Waals surface area contributed by atoms with Crippen molar-refractivity contribution in [3.8, 4) is 0 Å². The summed E-state index contributed by atoms with van der Waals surface area (Å²) in [6.07, 6.45) is -3.36.